The Morgan fingerprint density at radius 2 is 2.00 bits per heavy atom. The van der Waals surface area contributed by atoms with E-state index < -0.39 is 0 Å². The van der Waals surface area contributed by atoms with E-state index in [-0.39, 0.29) is 5.75 Å². The second kappa shape index (κ2) is 7.80. The minimum Gasteiger partial charge on any atom is -0.507 e. The first kappa shape index (κ1) is 13.4. The van der Waals surface area contributed by atoms with Crippen molar-refractivity contribution in [2.24, 2.45) is 4.99 Å². The highest BCUT2D eigenvalue weighted by atomic mass is 16.3. The monoisotopic (exact) mass is 205 g/mol. The number of hydrogen-bond donors (Lipinski definition) is 1. The van der Waals surface area contributed by atoms with Crippen molar-refractivity contribution in [2.75, 3.05) is 0 Å². The van der Waals surface area contributed by atoms with Gasteiger partial charge < -0.3 is 5.11 Å². The van der Waals surface area contributed by atoms with Crippen molar-refractivity contribution in [1.82, 2.24) is 0 Å². The lowest BCUT2D eigenvalue weighted by molar-refractivity contribution is 0.473. The lowest BCUT2D eigenvalue weighted by Crippen LogP contribution is -1.81. The first-order valence-electron chi connectivity index (χ1n) is 5.24. The molecule has 0 fully saturated rings. The molecule has 2 heteroatoms. The summed E-state index contributed by atoms with van der Waals surface area (Å²) in [5.74, 6) is 0.245. The van der Waals surface area contributed by atoms with Gasteiger partial charge in [0, 0.05) is 5.56 Å². The third kappa shape index (κ3) is 3.98. The van der Waals surface area contributed by atoms with Gasteiger partial charge in [-0.05, 0) is 25.3 Å². The normalized spacial score (nSPS) is 10.2. The SMILES string of the molecule is C=N/C(=C\CC)c1ccccc1O.CC. The lowest BCUT2D eigenvalue weighted by Gasteiger charge is -2.03. The molecule has 0 aliphatic heterocycles. The van der Waals surface area contributed by atoms with E-state index in [9.17, 15) is 5.11 Å². The summed E-state index contributed by atoms with van der Waals surface area (Å²) in [6.07, 6.45) is 2.81. The minimum absolute atomic E-state index is 0.245. The Kier molecular flexibility index (Phi) is 6.98. The van der Waals surface area contributed by atoms with E-state index in [1.807, 2.05) is 39.0 Å². The highest BCUT2D eigenvalue weighted by Gasteiger charge is 2.02. The van der Waals surface area contributed by atoms with Crippen LogP contribution in [0.25, 0.3) is 5.70 Å². The lowest BCUT2D eigenvalue weighted by atomic mass is 10.1. The summed E-state index contributed by atoms with van der Waals surface area (Å²) in [6.45, 7) is 9.49. The van der Waals surface area contributed by atoms with Crippen LogP contribution in [0, 0.1) is 0 Å². The number of para-hydroxylation sites is 1. The van der Waals surface area contributed by atoms with Crippen molar-refractivity contribution >= 4 is 12.4 Å². The van der Waals surface area contributed by atoms with Gasteiger partial charge >= 0.3 is 0 Å². The van der Waals surface area contributed by atoms with Crippen LogP contribution in [-0.4, -0.2) is 11.8 Å². The molecule has 0 unspecified atom stereocenters. The Morgan fingerprint density at radius 3 is 2.47 bits per heavy atom. The van der Waals surface area contributed by atoms with Gasteiger partial charge in [0.25, 0.3) is 0 Å². The molecule has 1 rings (SSSR count). The number of phenols is 1. The average Bonchev–Trinajstić information content (AvgIpc) is 2.30. The second-order valence-electron chi connectivity index (χ2n) is 2.67. The number of allylic oxidation sites excluding steroid dienone is 1. The molecule has 0 saturated heterocycles. The maximum absolute atomic E-state index is 9.51. The topological polar surface area (TPSA) is 32.6 Å². The van der Waals surface area contributed by atoms with Gasteiger partial charge in [0.1, 0.15) is 5.75 Å². The highest BCUT2D eigenvalue weighted by molar-refractivity contribution is 5.71. The number of aliphatic imine (C=N–C) groups is 1. The van der Waals surface area contributed by atoms with Gasteiger partial charge in [0.15, 0.2) is 0 Å². The molecule has 15 heavy (non-hydrogen) atoms. The average molecular weight is 205 g/mol. The molecule has 0 atom stereocenters. The van der Waals surface area contributed by atoms with Crippen molar-refractivity contribution in [3.63, 3.8) is 0 Å². The first-order valence-corrected chi connectivity index (χ1v) is 5.24. The van der Waals surface area contributed by atoms with E-state index in [1.54, 1.807) is 12.1 Å². The predicted octanol–water partition coefficient (Wildman–Crippen LogP) is 3.87. The molecule has 0 saturated carbocycles. The van der Waals surface area contributed by atoms with Gasteiger partial charge in [-0.15, -0.1) is 0 Å². The first-order chi connectivity index (χ1) is 7.29. The predicted molar refractivity (Wildman–Crippen MR) is 67.3 cm³/mol. The summed E-state index contributed by atoms with van der Waals surface area (Å²) >= 11 is 0. The van der Waals surface area contributed by atoms with Crippen molar-refractivity contribution in [2.45, 2.75) is 27.2 Å². The Morgan fingerprint density at radius 1 is 1.40 bits per heavy atom. The molecule has 0 aliphatic carbocycles. The Hall–Kier alpha value is -1.57. The van der Waals surface area contributed by atoms with Crippen LogP contribution in [0.1, 0.15) is 32.8 Å². The summed E-state index contributed by atoms with van der Waals surface area (Å²) < 4.78 is 0. The van der Waals surface area contributed by atoms with Gasteiger partial charge in [0.2, 0.25) is 0 Å². The minimum atomic E-state index is 0.245. The van der Waals surface area contributed by atoms with E-state index in [1.165, 1.54) is 0 Å². The summed E-state index contributed by atoms with van der Waals surface area (Å²) in [5, 5.41) is 9.51. The van der Waals surface area contributed by atoms with E-state index >= 15 is 0 Å². The van der Waals surface area contributed by atoms with Crippen LogP contribution in [0.2, 0.25) is 0 Å². The van der Waals surface area contributed by atoms with Crippen LogP contribution in [0.3, 0.4) is 0 Å². The van der Waals surface area contributed by atoms with Gasteiger partial charge in [0.05, 0.1) is 5.70 Å². The van der Waals surface area contributed by atoms with Crippen molar-refractivity contribution in [3.05, 3.63) is 35.9 Å². The molecule has 1 aromatic rings. The molecule has 82 valence electrons. The number of rotatable bonds is 3. The Labute approximate surface area is 92.0 Å². The maximum Gasteiger partial charge on any atom is 0.124 e. The number of phenolic OH excluding ortho intramolecular Hbond substituents is 1. The molecule has 0 heterocycles. The van der Waals surface area contributed by atoms with Gasteiger partial charge in [-0.1, -0.05) is 39.0 Å². The third-order valence-electron chi connectivity index (χ3n) is 1.75. The van der Waals surface area contributed by atoms with Gasteiger partial charge in [-0.3, -0.25) is 4.99 Å². The largest absolute Gasteiger partial charge is 0.507 e. The van der Waals surface area contributed by atoms with Crippen LogP contribution in [0.4, 0.5) is 0 Å². The molecule has 1 N–H and O–H groups in total. The van der Waals surface area contributed by atoms with Crippen LogP contribution in [0.15, 0.2) is 35.3 Å². The van der Waals surface area contributed by atoms with Crippen LogP contribution in [-0.2, 0) is 0 Å². The molecular formula is C13H19NO. The van der Waals surface area contributed by atoms with E-state index in [0.29, 0.717) is 0 Å². The summed E-state index contributed by atoms with van der Waals surface area (Å²) in [6, 6.07) is 7.12. The molecule has 0 spiro atoms. The molecule has 2 nitrogen and oxygen atoms in total. The second-order valence-corrected chi connectivity index (χ2v) is 2.67. The highest BCUT2D eigenvalue weighted by Crippen LogP contribution is 2.25. The zero-order chi connectivity index (χ0) is 11.7. The number of hydrogen-bond acceptors (Lipinski definition) is 2. The van der Waals surface area contributed by atoms with E-state index in [4.69, 9.17) is 0 Å². The van der Waals surface area contributed by atoms with Gasteiger partial charge in [-0.2, -0.15) is 0 Å². The quantitative estimate of drug-likeness (QED) is 0.746. The summed E-state index contributed by atoms with van der Waals surface area (Å²) in [5.41, 5.74) is 1.47. The molecule has 0 bridgehead atoms. The maximum atomic E-state index is 9.51. The molecule has 0 amide bonds. The number of aromatic hydroxyl groups is 1. The molecular weight excluding hydrogens is 186 g/mol. The van der Waals surface area contributed by atoms with E-state index in [0.717, 1.165) is 17.7 Å². The van der Waals surface area contributed by atoms with Crippen LogP contribution in [0.5, 0.6) is 5.75 Å². The smallest absolute Gasteiger partial charge is 0.124 e. The molecule has 0 aliphatic rings. The summed E-state index contributed by atoms with van der Waals surface area (Å²) in [7, 11) is 0. The Bertz CT molecular complexity index is 329. The molecule has 1 aromatic carbocycles. The molecule has 0 radical (unpaired) electrons. The standard InChI is InChI=1S/C11H13NO.C2H6/c1-3-6-10(12-2)9-7-4-5-8-11(9)13;1-2/h4-8,13H,2-3H2,1H3;1-2H3/b10-6-;. The van der Waals surface area contributed by atoms with Crippen LogP contribution < -0.4 is 0 Å². The van der Waals surface area contributed by atoms with Crippen molar-refractivity contribution in [3.8, 4) is 5.75 Å². The number of nitrogens with zero attached hydrogens (tertiary/aromatic N) is 1. The van der Waals surface area contributed by atoms with Gasteiger partial charge in [-0.25, -0.2) is 0 Å². The third-order valence-corrected chi connectivity index (χ3v) is 1.75. The zero-order valence-corrected chi connectivity index (χ0v) is 9.70. The summed E-state index contributed by atoms with van der Waals surface area (Å²) in [4.78, 5) is 3.86. The van der Waals surface area contributed by atoms with Crippen molar-refractivity contribution in [1.29, 1.82) is 0 Å². The van der Waals surface area contributed by atoms with Crippen LogP contribution >= 0.6 is 0 Å². The fraction of sp³-hybridized carbons (Fsp3) is 0.308. The fourth-order valence-corrected chi connectivity index (χ4v) is 1.14. The zero-order valence-electron chi connectivity index (χ0n) is 9.70. The van der Waals surface area contributed by atoms with E-state index in [2.05, 4.69) is 11.7 Å². The number of benzene rings is 1. The Balaban J connectivity index is 0.000000921. The molecule has 0 aromatic heterocycles. The fourth-order valence-electron chi connectivity index (χ4n) is 1.14. The van der Waals surface area contributed by atoms with Crippen molar-refractivity contribution < 1.29 is 5.11 Å².